The first-order chi connectivity index (χ1) is 10.1. The molecule has 1 amide bonds. The summed E-state index contributed by atoms with van der Waals surface area (Å²) >= 11 is 0. The Hall–Kier alpha value is -2.96. The maximum absolute atomic E-state index is 13.9. The average Bonchev–Trinajstić information content (AvgIpc) is 2.47. The van der Waals surface area contributed by atoms with Gasteiger partial charge in [0.25, 0.3) is 11.6 Å². The number of benzene rings is 2. The standard InChI is InChI=1S/C14H9FN2O4/c15-11-6-5-8(17(19)20)7-10(11)14-16-13(18)9-3-1-2-4-12(9)21-14/h1-7,14H,(H,16,18)/t14-/m1/s1. The number of nitro groups is 1. The number of hydrogen-bond donors (Lipinski definition) is 1. The molecule has 2 aromatic rings. The van der Waals surface area contributed by atoms with E-state index < -0.39 is 22.9 Å². The third-order valence-electron chi connectivity index (χ3n) is 3.11. The lowest BCUT2D eigenvalue weighted by Crippen LogP contribution is -2.37. The molecule has 0 saturated heterocycles. The molecule has 21 heavy (non-hydrogen) atoms. The van der Waals surface area contributed by atoms with Crippen LogP contribution in [0, 0.1) is 15.9 Å². The van der Waals surface area contributed by atoms with E-state index in [1.54, 1.807) is 24.3 Å². The number of halogens is 1. The lowest BCUT2D eigenvalue weighted by atomic mass is 10.1. The molecule has 1 heterocycles. The minimum atomic E-state index is -1.10. The van der Waals surface area contributed by atoms with Crippen LogP contribution in [0.1, 0.15) is 22.1 Å². The van der Waals surface area contributed by atoms with Crippen LogP contribution in [0.4, 0.5) is 10.1 Å². The Bertz CT molecular complexity index is 748. The molecule has 3 rings (SSSR count). The van der Waals surface area contributed by atoms with Crippen molar-refractivity contribution in [3.63, 3.8) is 0 Å². The summed E-state index contributed by atoms with van der Waals surface area (Å²) in [6, 6.07) is 9.59. The fraction of sp³-hybridized carbons (Fsp3) is 0.0714. The minimum absolute atomic E-state index is 0.0907. The number of ether oxygens (including phenoxy) is 1. The van der Waals surface area contributed by atoms with Crippen molar-refractivity contribution in [3.05, 3.63) is 69.5 Å². The Morgan fingerprint density at radius 3 is 2.76 bits per heavy atom. The van der Waals surface area contributed by atoms with E-state index in [2.05, 4.69) is 5.32 Å². The van der Waals surface area contributed by atoms with Gasteiger partial charge in [0.05, 0.1) is 16.1 Å². The summed E-state index contributed by atoms with van der Waals surface area (Å²) in [6.07, 6.45) is -1.10. The van der Waals surface area contributed by atoms with Crippen LogP contribution in [0.5, 0.6) is 5.75 Å². The number of carbonyl (C=O) groups excluding carboxylic acids is 1. The molecule has 1 aliphatic rings. The summed E-state index contributed by atoms with van der Waals surface area (Å²) in [5, 5.41) is 13.2. The number of nitro benzene ring substituents is 1. The third kappa shape index (κ3) is 2.29. The van der Waals surface area contributed by atoms with Gasteiger partial charge in [-0.25, -0.2) is 4.39 Å². The van der Waals surface area contributed by atoms with Crippen LogP contribution < -0.4 is 10.1 Å². The van der Waals surface area contributed by atoms with Crippen LogP contribution in [-0.2, 0) is 0 Å². The SMILES string of the molecule is O=C1N[C@@H](c2cc([N+](=O)[O-])ccc2F)Oc2ccccc21. The van der Waals surface area contributed by atoms with Gasteiger partial charge >= 0.3 is 0 Å². The van der Waals surface area contributed by atoms with Crippen molar-refractivity contribution in [2.24, 2.45) is 0 Å². The predicted octanol–water partition coefficient (Wildman–Crippen LogP) is 2.55. The molecule has 1 N–H and O–H groups in total. The van der Waals surface area contributed by atoms with E-state index in [1.165, 1.54) is 0 Å². The zero-order chi connectivity index (χ0) is 15.0. The van der Waals surface area contributed by atoms with E-state index >= 15 is 0 Å². The summed E-state index contributed by atoms with van der Waals surface area (Å²) in [6.45, 7) is 0. The van der Waals surface area contributed by atoms with E-state index in [0.29, 0.717) is 11.3 Å². The molecule has 106 valence electrons. The lowest BCUT2D eigenvalue weighted by molar-refractivity contribution is -0.385. The van der Waals surface area contributed by atoms with Crippen LogP contribution in [0.3, 0.4) is 0 Å². The molecule has 0 aliphatic carbocycles. The Labute approximate surface area is 118 Å². The topological polar surface area (TPSA) is 81.5 Å². The quantitative estimate of drug-likeness (QED) is 0.680. The normalized spacial score (nSPS) is 16.6. The number of para-hydroxylation sites is 1. The predicted molar refractivity (Wildman–Crippen MR) is 70.3 cm³/mol. The fourth-order valence-electron chi connectivity index (χ4n) is 2.10. The van der Waals surface area contributed by atoms with Gasteiger partial charge in [-0.1, -0.05) is 12.1 Å². The third-order valence-corrected chi connectivity index (χ3v) is 3.11. The van der Waals surface area contributed by atoms with Crippen LogP contribution in [0.2, 0.25) is 0 Å². The van der Waals surface area contributed by atoms with Gasteiger partial charge in [-0.15, -0.1) is 0 Å². The summed E-state index contributed by atoms with van der Waals surface area (Å²) < 4.78 is 19.4. The van der Waals surface area contributed by atoms with E-state index in [9.17, 15) is 19.3 Å². The highest BCUT2D eigenvalue weighted by molar-refractivity contribution is 5.98. The second kappa shape index (κ2) is 4.86. The molecular weight excluding hydrogens is 279 g/mol. The number of fused-ring (bicyclic) bond motifs is 1. The molecule has 2 aromatic carbocycles. The van der Waals surface area contributed by atoms with Gasteiger partial charge in [0.15, 0.2) is 0 Å². The van der Waals surface area contributed by atoms with Crippen molar-refractivity contribution < 1.29 is 18.8 Å². The van der Waals surface area contributed by atoms with Crippen molar-refractivity contribution in [2.75, 3.05) is 0 Å². The van der Waals surface area contributed by atoms with Gasteiger partial charge in [0, 0.05) is 12.1 Å². The van der Waals surface area contributed by atoms with Crippen molar-refractivity contribution >= 4 is 11.6 Å². The second-order valence-electron chi connectivity index (χ2n) is 4.43. The molecule has 1 aliphatic heterocycles. The Kier molecular flexibility index (Phi) is 3.02. The molecule has 0 aromatic heterocycles. The zero-order valence-electron chi connectivity index (χ0n) is 10.6. The maximum atomic E-state index is 13.9. The summed E-state index contributed by atoms with van der Waals surface area (Å²) in [7, 11) is 0. The van der Waals surface area contributed by atoms with Gasteiger partial charge < -0.3 is 10.1 Å². The van der Waals surface area contributed by atoms with Crippen molar-refractivity contribution in [1.82, 2.24) is 5.32 Å². The number of rotatable bonds is 2. The van der Waals surface area contributed by atoms with Crippen molar-refractivity contribution in [2.45, 2.75) is 6.23 Å². The largest absolute Gasteiger partial charge is 0.465 e. The molecule has 0 radical (unpaired) electrons. The Balaban J connectivity index is 2.01. The van der Waals surface area contributed by atoms with Crippen LogP contribution in [0.15, 0.2) is 42.5 Å². The summed E-state index contributed by atoms with van der Waals surface area (Å²) in [5.74, 6) is -0.810. The van der Waals surface area contributed by atoms with E-state index in [0.717, 1.165) is 18.2 Å². The van der Waals surface area contributed by atoms with Crippen LogP contribution in [0.25, 0.3) is 0 Å². The first-order valence-electron chi connectivity index (χ1n) is 6.06. The molecule has 0 saturated carbocycles. The average molecular weight is 288 g/mol. The van der Waals surface area contributed by atoms with Crippen molar-refractivity contribution in [3.8, 4) is 5.75 Å². The van der Waals surface area contributed by atoms with Gasteiger partial charge in [0.1, 0.15) is 11.6 Å². The number of amides is 1. The lowest BCUT2D eigenvalue weighted by Gasteiger charge is -2.27. The van der Waals surface area contributed by atoms with Gasteiger partial charge in [0.2, 0.25) is 6.23 Å². The highest BCUT2D eigenvalue weighted by Crippen LogP contribution is 2.31. The molecule has 1 atom stereocenters. The number of nitrogens with one attached hydrogen (secondary N) is 1. The summed E-state index contributed by atoms with van der Waals surface area (Å²) in [5.41, 5.74) is -0.0326. The molecule has 0 unspecified atom stereocenters. The second-order valence-corrected chi connectivity index (χ2v) is 4.43. The molecule has 6 nitrogen and oxygen atoms in total. The number of hydrogen-bond acceptors (Lipinski definition) is 4. The van der Waals surface area contributed by atoms with E-state index in [-0.39, 0.29) is 11.3 Å². The number of non-ortho nitro benzene ring substituents is 1. The van der Waals surface area contributed by atoms with E-state index in [4.69, 9.17) is 4.74 Å². The molecule has 0 fully saturated rings. The van der Waals surface area contributed by atoms with Gasteiger partial charge in [-0.2, -0.15) is 0 Å². The molecule has 0 spiro atoms. The zero-order valence-corrected chi connectivity index (χ0v) is 10.6. The summed E-state index contributed by atoms with van der Waals surface area (Å²) in [4.78, 5) is 22.1. The Morgan fingerprint density at radius 2 is 2.00 bits per heavy atom. The maximum Gasteiger partial charge on any atom is 0.270 e. The minimum Gasteiger partial charge on any atom is -0.465 e. The highest BCUT2D eigenvalue weighted by Gasteiger charge is 2.29. The first kappa shape index (κ1) is 13.0. The molecular formula is C14H9FN2O4. The molecule has 0 bridgehead atoms. The first-order valence-corrected chi connectivity index (χ1v) is 6.06. The fourth-order valence-corrected chi connectivity index (χ4v) is 2.10. The smallest absolute Gasteiger partial charge is 0.270 e. The molecule has 7 heteroatoms. The van der Waals surface area contributed by atoms with Gasteiger partial charge in [-0.05, 0) is 18.2 Å². The van der Waals surface area contributed by atoms with Crippen LogP contribution >= 0.6 is 0 Å². The van der Waals surface area contributed by atoms with Crippen molar-refractivity contribution in [1.29, 1.82) is 0 Å². The monoisotopic (exact) mass is 288 g/mol. The number of carbonyl (C=O) groups is 1. The van der Waals surface area contributed by atoms with E-state index in [1.807, 2.05) is 0 Å². The Morgan fingerprint density at radius 1 is 1.24 bits per heavy atom. The van der Waals surface area contributed by atoms with Gasteiger partial charge in [-0.3, -0.25) is 14.9 Å². The number of nitrogens with zero attached hydrogens (tertiary/aromatic N) is 1. The highest BCUT2D eigenvalue weighted by atomic mass is 19.1. The van der Waals surface area contributed by atoms with Crippen LogP contribution in [-0.4, -0.2) is 10.8 Å².